The van der Waals surface area contributed by atoms with Gasteiger partial charge in [0.25, 0.3) is 0 Å². The van der Waals surface area contributed by atoms with Crippen molar-refractivity contribution < 1.29 is 14.3 Å². The monoisotopic (exact) mass is 381 g/mol. The summed E-state index contributed by atoms with van der Waals surface area (Å²) in [6, 6.07) is 21.3. The quantitative estimate of drug-likeness (QED) is 0.372. The van der Waals surface area contributed by atoms with E-state index in [9.17, 15) is 9.90 Å². The van der Waals surface area contributed by atoms with Crippen molar-refractivity contribution in [2.75, 3.05) is 0 Å². The number of carboxylic acid groups (broad SMARTS) is 1. The third-order valence-corrected chi connectivity index (χ3v) is 5.49. The number of aromatic amines is 1. The van der Waals surface area contributed by atoms with Crippen LogP contribution in [0.1, 0.15) is 21.5 Å². The zero-order valence-electron chi connectivity index (χ0n) is 16.1. The molecular weight excluding hydrogens is 362 g/mol. The van der Waals surface area contributed by atoms with Crippen LogP contribution in [-0.2, 0) is 0 Å². The zero-order chi connectivity index (χ0) is 20.1. The Morgan fingerprint density at radius 3 is 2.31 bits per heavy atom. The van der Waals surface area contributed by atoms with E-state index in [1.807, 2.05) is 49.4 Å². The summed E-state index contributed by atoms with van der Waals surface area (Å²) >= 11 is 0. The summed E-state index contributed by atoms with van der Waals surface area (Å²) in [6.45, 7) is 4.13. The molecule has 4 heteroatoms. The smallest absolute Gasteiger partial charge is 0.336 e. The molecule has 0 radical (unpaired) electrons. The van der Waals surface area contributed by atoms with Crippen molar-refractivity contribution in [3.8, 4) is 22.7 Å². The minimum atomic E-state index is -0.923. The molecule has 0 atom stereocenters. The molecule has 0 aliphatic rings. The van der Waals surface area contributed by atoms with Gasteiger partial charge in [-0.2, -0.15) is 0 Å². The van der Waals surface area contributed by atoms with Gasteiger partial charge in [0.2, 0.25) is 0 Å². The highest BCUT2D eigenvalue weighted by Gasteiger charge is 2.15. The predicted octanol–water partition coefficient (Wildman–Crippen LogP) is 6.56. The van der Waals surface area contributed by atoms with Crippen molar-refractivity contribution in [3.05, 3.63) is 83.4 Å². The molecule has 0 aliphatic heterocycles. The Labute approximate surface area is 167 Å². The number of nitrogens with one attached hydrogen (secondary N) is 1. The van der Waals surface area contributed by atoms with Gasteiger partial charge in [-0.15, -0.1) is 0 Å². The van der Waals surface area contributed by atoms with Gasteiger partial charge in [-0.25, -0.2) is 4.79 Å². The van der Waals surface area contributed by atoms with Crippen molar-refractivity contribution in [3.63, 3.8) is 0 Å². The minimum absolute atomic E-state index is 0.305. The SMILES string of the molecule is Cc1ccc(C)c2oc(-c3ccc(-c4ccc(C(=O)O)c5ccccc45)[nH]3)cc12. The van der Waals surface area contributed by atoms with Crippen molar-refractivity contribution >= 4 is 27.7 Å². The molecule has 0 fully saturated rings. The van der Waals surface area contributed by atoms with E-state index >= 15 is 0 Å². The number of aromatic carboxylic acids is 1. The van der Waals surface area contributed by atoms with Gasteiger partial charge in [0, 0.05) is 16.6 Å². The number of H-pyrrole nitrogens is 1. The molecular formula is C25H19NO3. The van der Waals surface area contributed by atoms with Crippen molar-refractivity contribution in [2.24, 2.45) is 0 Å². The van der Waals surface area contributed by atoms with Gasteiger partial charge in [0.1, 0.15) is 5.58 Å². The van der Waals surface area contributed by atoms with Gasteiger partial charge in [0.05, 0.1) is 11.3 Å². The number of carboxylic acids is 1. The second kappa shape index (κ2) is 6.38. The van der Waals surface area contributed by atoms with Gasteiger partial charge in [-0.05, 0) is 60.0 Å². The molecule has 0 bridgehead atoms. The lowest BCUT2D eigenvalue weighted by Gasteiger charge is -2.08. The number of hydrogen-bond donors (Lipinski definition) is 2. The van der Waals surface area contributed by atoms with Crippen LogP contribution >= 0.6 is 0 Å². The van der Waals surface area contributed by atoms with Gasteiger partial charge in [0.15, 0.2) is 5.76 Å². The Bertz CT molecular complexity index is 1370. The summed E-state index contributed by atoms with van der Waals surface area (Å²) in [5.74, 6) is -0.136. The molecule has 0 saturated heterocycles. The molecule has 5 rings (SSSR count). The van der Waals surface area contributed by atoms with Crippen LogP contribution in [0, 0.1) is 13.8 Å². The Kier molecular flexibility index (Phi) is 3.81. The molecule has 4 nitrogen and oxygen atoms in total. The van der Waals surface area contributed by atoms with E-state index in [2.05, 4.69) is 30.1 Å². The predicted molar refractivity (Wildman–Crippen MR) is 115 cm³/mol. The summed E-state index contributed by atoms with van der Waals surface area (Å²) in [5.41, 5.74) is 6.28. The van der Waals surface area contributed by atoms with Crippen molar-refractivity contribution in [1.82, 2.24) is 4.98 Å². The maximum absolute atomic E-state index is 11.6. The molecule has 0 aliphatic carbocycles. The topological polar surface area (TPSA) is 66.2 Å². The second-order valence-electron chi connectivity index (χ2n) is 7.35. The molecule has 0 saturated carbocycles. The first kappa shape index (κ1) is 17.3. The molecule has 0 unspecified atom stereocenters. The first-order valence-electron chi connectivity index (χ1n) is 9.47. The van der Waals surface area contributed by atoms with Crippen LogP contribution in [0.15, 0.2) is 71.1 Å². The Hall–Kier alpha value is -3.79. The highest BCUT2D eigenvalue weighted by atomic mass is 16.4. The fourth-order valence-electron chi connectivity index (χ4n) is 3.94. The number of aryl methyl sites for hydroxylation is 2. The van der Waals surface area contributed by atoms with Crippen LogP contribution < -0.4 is 0 Å². The Morgan fingerprint density at radius 1 is 0.828 bits per heavy atom. The summed E-state index contributed by atoms with van der Waals surface area (Å²) in [5, 5.41) is 12.2. The van der Waals surface area contributed by atoms with Crippen LogP contribution in [-0.4, -0.2) is 16.1 Å². The molecule has 2 heterocycles. The van der Waals surface area contributed by atoms with E-state index in [1.54, 1.807) is 6.07 Å². The van der Waals surface area contributed by atoms with E-state index in [0.29, 0.717) is 5.56 Å². The number of aromatic nitrogens is 1. The van der Waals surface area contributed by atoms with E-state index in [0.717, 1.165) is 50.0 Å². The number of furan rings is 1. The Balaban J connectivity index is 1.65. The molecule has 5 aromatic rings. The summed E-state index contributed by atoms with van der Waals surface area (Å²) in [6.07, 6.45) is 0. The summed E-state index contributed by atoms with van der Waals surface area (Å²) < 4.78 is 6.14. The lowest BCUT2D eigenvalue weighted by Crippen LogP contribution is -1.98. The number of rotatable bonds is 3. The second-order valence-corrected chi connectivity index (χ2v) is 7.35. The van der Waals surface area contributed by atoms with Crippen molar-refractivity contribution in [1.29, 1.82) is 0 Å². The van der Waals surface area contributed by atoms with Gasteiger partial charge >= 0.3 is 5.97 Å². The van der Waals surface area contributed by atoms with Gasteiger partial charge < -0.3 is 14.5 Å². The fraction of sp³-hybridized carbons (Fsp3) is 0.0800. The third-order valence-electron chi connectivity index (χ3n) is 5.49. The van der Waals surface area contributed by atoms with E-state index in [4.69, 9.17) is 4.42 Å². The number of benzene rings is 3. The normalized spacial score (nSPS) is 11.4. The molecule has 29 heavy (non-hydrogen) atoms. The summed E-state index contributed by atoms with van der Waals surface area (Å²) in [4.78, 5) is 15.0. The first-order valence-corrected chi connectivity index (χ1v) is 9.47. The van der Waals surface area contributed by atoms with E-state index < -0.39 is 5.97 Å². The Morgan fingerprint density at radius 2 is 1.55 bits per heavy atom. The largest absolute Gasteiger partial charge is 0.478 e. The van der Waals surface area contributed by atoms with Crippen LogP contribution in [0.25, 0.3) is 44.5 Å². The fourth-order valence-corrected chi connectivity index (χ4v) is 3.94. The zero-order valence-corrected chi connectivity index (χ0v) is 16.1. The molecule has 0 spiro atoms. The lowest BCUT2D eigenvalue weighted by molar-refractivity contribution is 0.0699. The highest BCUT2D eigenvalue weighted by molar-refractivity contribution is 6.08. The average molecular weight is 381 g/mol. The maximum atomic E-state index is 11.6. The lowest BCUT2D eigenvalue weighted by atomic mass is 9.98. The highest BCUT2D eigenvalue weighted by Crippen LogP contribution is 2.35. The number of hydrogen-bond acceptors (Lipinski definition) is 2. The van der Waals surface area contributed by atoms with Crippen LogP contribution in [0.2, 0.25) is 0 Å². The average Bonchev–Trinajstić information content (AvgIpc) is 3.38. The molecule has 2 N–H and O–H groups in total. The number of fused-ring (bicyclic) bond motifs is 2. The van der Waals surface area contributed by atoms with Gasteiger partial charge in [-0.3, -0.25) is 0 Å². The van der Waals surface area contributed by atoms with Crippen LogP contribution in [0.5, 0.6) is 0 Å². The standard InChI is InChI=1S/C25H19NO3/c1-14-7-8-15(2)24-20(14)13-23(29-24)22-12-11-21(26-22)18-9-10-19(25(27)28)17-6-4-3-5-16(17)18/h3-13,26H,1-2H3,(H,27,28). The van der Waals surface area contributed by atoms with Crippen LogP contribution in [0.4, 0.5) is 0 Å². The van der Waals surface area contributed by atoms with Crippen molar-refractivity contribution in [2.45, 2.75) is 13.8 Å². The van der Waals surface area contributed by atoms with E-state index in [1.165, 1.54) is 5.56 Å². The maximum Gasteiger partial charge on any atom is 0.336 e. The third kappa shape index (κ3) is 2.72. The summed E-state index contributed by atoms with van der Waals surface area (Å²) in [7, 11) is 0. The first-order chi connectivity index (χ1) is 14.0. The van der Waals surface area contributed by atoms with Crippen LogP contribution in [0.3, 0.4) is 0 Å². The molecule has 3 aromatic carbocycles. The molecule has 0 amide bonds. The minimum Gasteiger partial charge on any atom is -0.478 e. The number of carbonyl (C=O) groups is 1. The van der Waals surface area contributed by atoms with Gasteiger partial charge in [-0.1, -0.05) is 42.5 Å². The molecule has 2 aromatic heterocycles. The van der Waals surface area contributed by atoms with E-state index in [-0.39, 0.29) is 0 Å². The molecule has 142 valence electrons.